The fourth-order valence-electron chi connectivity index (χ4n) is 6.11. The Labute approximate surface area is 230 Å². The molecule has 8 aromatic rings. The lowest BCUT2D eigenvalue weighted by Gasteiger charge is -2.11. The predicted molar refractivity (Wildman–Crippen MR) is 167 cm³/mol. The summed E-state index contributed by atoms with van der Waals surface area (Å²) < 4.78 is 4.58. The maximum absolute atomic E-state index is 5.05. The summed E-state index contributed by atoms with van der Waals surface area (Å²) >= 11 is 0. The monoisotopic (exact) mass is 512 g/mol. The van der Waals surface area contributed by atoms with E-state index in [9.17, 15) is 0 Å². The third kappa shape index (κ3) is 3.13. The van der Waals surface area contributed by atoms with Crippen LogP contribution in [-0.2, 0) is 0 Å². The molecule has 0 aliphatic rings. The Kier molecular flexibility index (Phi) is 4.79. The number of benzene rings is 3. The highest BCUT2D eigenvalue weighted by Crippen LogP contribution is 2.35. The van der Waals surface area contributed by atoms with Crippen LogP contribution in [0.3, 0.4) is 0 Å². The second-order valence-corrected chi connectivity index (χ2v) is 10.1. The Bertz CT molecular complexity index is 2410. The van der Waals surface area contributed by atoms with E-state index in [2.05, 4.69) is 93.8 Å². The smallest absolute Gasteiger partial charge is 0.138 e. The van der Waals surface area contributed by atoms with Crippen LogP contribution >= 0.6 is 0 Å². The lowest BCUT2D eigenvalue weighted by Crippen LogP contribution is -2.27. The summed E-state index contributed by atoms with van der Waals surface area (Å²) in [7, 11) is 0. The van der Waals surface area contributed by atoms with Crippen LogP contribution in [0.1, 0.15) is 0 Å². The van der Waals surface area contributed by atoms with Gasteiger partial charge in [-0.15, -0.1) is 0 Å². The van der Waals surface area contributed by atoms with E-state index in [0.29, 0.717) is 0 Å². The normalized spacial score (nSPS) is 12.3. The first-order chi connectivity index (χ1) is 19.7. The number of para-hydroxylation sites is 1. The molecule has 0 aliphatic carbocycles. The molecule has 0 radical (unpaired) electrons. The van der Waals surface area contributed by atoms with Gasteiger partial charge in [0.1, 0.15) is 5.82 Å². The second-order valence-electron chi connectivity index (χ2n) is 10.1. The standard InChI is InChI=1S/C36H24N4/c1-3-11-31-23(2)28-20-24-21-34-27-14-5-4-12-25(27)26-13-6-7-17-32(26)39(34)33(24)22-35(28)40(31)36-18-10-16-30(38-36)29-15-8-9-19-37-29/h3-22H,1-2H2/b31-11+. The van der Waals surface area contributed by atoms with Crippen molar-refractivity contribution in [3.05, 3.63) is 133 Å². The molecular weight excluding hydrogens is 488 g/mol. The zero-order valence-electron chi connectivity index (χ0n) is 21.8. The van der Waals surface area contributed by atoms with E-state index in [0.717, 1.165) is 44.2 Å². The van der Waals surface area contributed by atoms with Crippen molar-refractivity contribution in [2.24, 2.45) is 0 Å². The van der Waals surface area contributed by atoms with E-state index >= 15 is 0 Å². The van der Waals surface area contributed by atoms with Crippen LogP contribution in [0, 0.1) is 0 Å². The van der Waals surface area contributed by atoms with Gasteiger partial charge in [-0.3, -0.25) is 9.55 Å². The Morgan fingerprint density at radius 1 is 0.625 bits per heavy atom. The van der Waals surface area contributed by atoms with Crippen LogP contribution in [-0.4, -0.2) is 18.9 Å². The molecule has 0 bridgehead atoms. The molecule has 3 aromatic carbocycles. The van der Waals surface area contributed by atoms with E-state index in [1.807, 2.05) is 48.6 Å². The molecule has 8 rings (SSSR count). The van der Waals surface area contributed by atoms with Crippen molar-refractivity contribution < 1.29 is 0 Å². The van der Waals surface area contributed by atoms with Gasteiger partial charge >= 0.3 is 0 Å². The molecular formula is C36H24N4. The summed E-state index contributed by atoms with van der Waals surface area (Å²) in [6.07, 6.45) is 5.62. The highest BCUT2D eigenvalue weighted by atomic mass is 15.1. The van der Waals surface area contributed by atoms with Crippen molar-refractivity contribution in [3.63, 3.8) is 0 Å². The number of rotatable bonds is 3. The largest absolute Gasteiger partial charge is 0.309 e. The number of hydrogen-bond acceptors (Lipinski definition) is 2. The number of pyridine rings is 3. The predicted octanol–water partition coefficient (Wildman–Crippen LogP) is 7.18. The summed E-state index contributed by atoms with van der Waals surface area (Å²) in [6, 6.07) is 36.1. The number of hydrogen-bond donors (Lipinski definition) is 0. The zero-order chi connectivity index (χ0) is 26.8. The first-order valence-corrected chi connectivity index (χ1v) is 13.3. The third-order valence-corrected chi connectivity index (χ3v) is 7.84. The molecule has 0 saturated carbocycles. The fourth-order valence-corrected chi connectivity index (χ4v) is 6.11. The Morgan fingerprint density at radius 3 is 2.17 bits per heavy atom. The second kappa shape index (κ2) is 8.52. The van der Waals surface area contributed by atoms with Crippen LogP contribution in [0.25, 0.3) is 78.9 Å². The number of fused-ring (bicyclic) bond motifs is 9. The van der Waals surface area contributed by atoms with Crippen molar-refractivity contribution in [1.29, 1.82) is 0 Å². The molecule has 4 heteroatoms. The minimum atomic E-state index is 0.812. The van der Waals surface area contributed by atoms with Crippen LogP contribution in [0.5, 0.6) is 0 Å². The van der Waals surface area contributed by atoms with Crippen molar-refractivity contribution in [2.75, 3.05) is 0 Å². The van der Waals surface area contributed by atoms with Gasteiger partial charge in [0.05, 0.1) is 38.8 Å². The molecule has 0 N–H and O–H groups in total. The summed E-state index contributed by atoms with van der Waals surface area (Å²) in [5.41, 5.74) is 6.24. The average molecular weight is 513 g/mol. The summed E-state index contributed by atoms with van der Waals surface area (Å²) in [5.74, 6) is 0.812. The Balaban J connectivity index is 1.52. The van der Waals surface area contributed by atoms with E-state index in [-0.39, 0.29) is 0 Å². The average Bonchev–Trinajstić information content (AvgIpc) is 3.52. The van der Waals surface area contributed by atoms with Gasteiger partial charge in [0.25, 0.3) is 0 Å². The van der Waals surface area contributed by atoms with Gasteiger partial charge < -0.3 is 4.40 Å². The van der Waals surface area contributed by atoms with Crippen LogP contribution in [0.2, 0.25) is 0 Å². The molecule has 188 valence electrons. The highest BCUT2D eigenvalue weighted by molar-refractivity contribution is 6.16. The Morgan fingerprint density at radius 2 is 1.38 bits per heavy atom. The van der Waals surface area contributed by atoms with Crippen molar-refractivity contribution in [2.45, 2.75) is 0 Å². The minimum absolute atomic E-state index is 0.812. The number of aromatic nitrogens is 4. The van der Waals surface area contributed by atoms with Gasteiger partial charge in [-0.25, -0.2) is 4.98 Å². The SMILES string of the molecule is C=C/C=c1\c(=C)c2cc3cc4c5ccccc5c5ccccc5n4c3cc2n1-c1cccc(-c2ccccn2)n1. The van der Waals surface area contributed by atoms with Gasteiger partial charge in [-0.2, -0.15) is 0 Å². The van der Waals surface area contributed by atoms with Gasteiger partial charge in [-0.05, 0) is 60.0 Å². The molecule has 40 heavy (non-hydrogen) atoms. The lowest BCUT2D eigenvalue weighted by molar-refractivity contribution is 1.00. The maximum Gasteiger partial charge on any atom is 0.138 e. The molecule has 0 fully saturated rings. The topological polar surface area (TPSA) is 35.1 Å². The molecule has 0 amide bonds. The van der Waals surface area contributed by atoms with Crippen LogP contribution < -0.4 is 10.6 Å². The van der Waals surface area contributed by atoms with Crippen molar-refractivity contribution >= 4 is 61.7 Å². The molecule has 0 unspecified atom stereocenters. The quantitative estimate of drug-likeness (QED) is 0.235. The van der Waals surface area contributed by atoms with Crippen LogP contribution in [0.15, 0.2) is 122 Å². The van der Waals surface area contributed by atoms with E-state index in [4.69, 9.17) is 4.98 Å². The summed E-state index contributed by atoms with van der Waals surface area (Å²) in [6.45, 7) is 8.49. The van der Waals surface area contributed by atoms with Crippen molar-refractivity contribution in [1.82, 2.24) is 18.9 Å². The first kappa shape index (κ1) is 22.5. The Hall–Kier alpha value is -5.48. The van der Waals surface area contributed by atoms with Crippen molar-refractivity contribution in [3.8, 4) is 17.2 Å². The van der Waals surface area contributed by atoms with Gasteiger partial charge in [0.2, 0.25) is 0 Å². The molecule has 0 aliphatic heterocycles. The molecule has 0 saturated heterocycles. The molecule has 4 nitrogen and oxygen atoms in total. The zero-order valence-corrected chi connectivity index (χ0v) is 21.8. The molecule has 5 heterocycles. The minimum Gasteiger partial charge on any atom is -0.309 e. The van der Waals surface area contributed by atoms with Gasteiger partial charge in [0, 0.05) is 33.0 Å². The summed E-state index contributed by atoms with van der Waals surface area (Å²) in [4.78, 5) is 9.57. The third-order valence-electron chi connectivity index (χ3n) is 7.84. The van der Waals surface area contributed by atoms with E-state index in [1.54, 1.807) is 6.20 Å². The van der Waals surface area contributed by atoms with Gasteiger partial charge in [-0.1, -0.05) is 73.8 Å². The first-order valence-electron chi connectivity index (χ1n) is 13.3. The highest BCUT2D eigenvalue weighted by Gasteiger charge is 2.16. The van der Waals surface area contributed by atoms with E-state index in [1.165, 1.54) is 32.6 Å². The number of allylic oxidation sites excluding steroid dienone is 1. The van der Waals surface area contributed by atoms with Crippen LogP contribution in [0.4, 0.5) is 0 Å². The lowest BCUT2D eigenvalue weighted by atomic mass is 10.1. The van der Waals surface area contributed by atoms with E-state index < -0.39 is 0 Å². The van der Waals surface area contributed by atoms with Gasteiger partial charge in [0.15, 0.2) is 0 Å². The molecule has 0 atom stereocenters. The maximum atomic E-state index is 5.05. The fraction of sp³-hybridized carbons (Fsp3) is 0. The molecule has 5 aromatic heterocycles. The number of nitrogens with zero attached hydrogens (tertiary/aromatic N) is 4. The molecule has 0 spiro atoms. The summed E-state index contributed by atoms with van der Waals surface area (Å²) in [5, 5.41) is 7.93.